The Bertz CT molecular complexity index is 866. The molecular weight excluding hydrogens is 373 g/mol. The van der Waals surface area contributed by atoms with Crippen molar-refractivity contribution in [2.24, 2.45) is 0 Å². The third kappa shape index (κ3) is 6.36. The van der Waals surface area contributed by atoms with Gasteiger partial charge in [-0.3, -0.25) is 0 Å². The Balaban J connectivity index is 1.81. The largest absolute Gasteiger partial charge is 0.497 e. The van der Waals surface area contributed by atoms with Crippen LogP contribution in [0.5, 0.6) is 5.75 Å². The summed E-state index contributed by atoms with van der Waals surface area (Å²) in [6, 6.07) is 13.6. The van der Waals surface area contributed by atoms with Crippen LogP contribution >= 0.6 is 0 Å². The van der Waals surface area contributed by atoms with E-state index in [1.807, 2.05) is 49.3 Å². The van der Waals surface area contributed by atoms with Crippen molar-refractivity contribution in [2.75, 3.05) is 46.2 Å². The number of benzene rings is 2. The summed E-state index contributed by atoms with van der Waals surface area (Å²) in [6.45, 7) is 1.10. The zero-order valence-electron chi connectivity index (χ0n) is 16.8. The zero-order valence-corrected chi connectivity index (χ0v) is 16.8. The first kappa shape index (κ1) is 22.0. The fourth-order valence-corrected chi connectivity index (χ4v) is 2.86. The molecule has 0 heterocycles. The number of anilines is 1. The van der Waals surface area contributed by atoms with Gasteiger partial charge in [-0.05, 0) is 43.9 Å². The summed E-state index contributed by atoms with van der Waals surface area (Å²) in [5, 5.41) is 17.6. The summed E-state index contributed by atoms with van der Waals surface area (Å²) in [7, 11) is 5.51. The van der Waals surface area contributed by atoms with E-state index in [1.54, 1.807) is 13.2 Å². The highest BCUT2D eigenvalue weighted by atomic mass is 19.1. The first-order valence-electron chi connectivity index (χ1n) is 9.20. The Morgan fingerprint density at radius 1 is 1.21 bits per heavy atom. The number of amides is 2. The van der Waals surface area contributed by atoms with Gasteiger partial charge in [0.15, 0.2) is 0 Å². The predicted octanol–water partition coefficient (Wildman–Crippen LogP) is 2.72. The minimum Gasteiger partial charge on any atom is -0.497 e. The number of urea groups is 1. The molecule has 8 heteroatoms. The Morgan fingerprint density at radius 2 is 1.97 bits per heavy atom. The molecule has 0 bridgehead atoms. The van der Waals surface area contributed by atoms with Crippen molar-refractivity contribution in [2.45, 2.75) is 6.04 Å². The maximum atomic E-state index is 13.6. The van der Waals surface area contributed by atoms with E-state index in [0.717, 1.165) is 11.3 Å². The minimum absolute atomic E-state index is 0.0144. The summed E-state index contributed by atoms with van der Waals surface area (Å²) >= 11 is 0. The summed E-state index contributed by atoms with van der Waals surface area (Å²) in [5.41, 5.74) is 1.40. The number of carbonyl (C=O) groups excluding carboxylic acids is 1. The topological polar surface area (TPSA) is 89.4 Å². The van der Waals surface area contributed by atoms with E-state index < -0.39 is 5.82 Å². The molecule has 2 rings (SSSR count). The molecule has 3 N–H and O–H groups in total. The highest BCUT2D eigenvalue weighted by Gasteiger charge is 2.16. The lowest BCUT2D eigenvalue weighted by Gasteiger charge is -2.25. The fraction of sp³-hybridized carbons (Fsp3) is 0.333. The van der Waals surface area contributed by atoms with Crippen LogP contribution in [0.3, 0.4) is 0 Å². The fourth-order valence-electron chi connectivity index (χ4n) is 2.86. The van der Waals surface area contributed by atoms with Crippen molar-refractivity contribution in [1.82, 2.24) is 15.5 Å². The normalized spacial score (nSPS) is 11.4. The van der Waals surface area contributed by atoms with Gasteiger partial charge < -0.3 is 25.6 Å². The molecule has 0 aliphatic carbocycles. The van der Waals surface area contributed by atoms with Crippen LogP contribution in [0.1, 0.15) is 17.2 Å². The van der Waals surface area contributed by atoms with Crippen molar-refractivity contribution < 1.29 is 13.9 Å². The standard InChI is InChI=1S/C21H26FN5O2/c1-27(2)20(15-6-4-7-16(12-15)29-3)14-26-21(28)25-11-10-24-19-9-5-8-18(22)17(19)13-23/h4-9,12,20,24H,10-11,14H2,1-3H3,(H2,25,26,28). The number of likely N-dealkylation sites (N-methyl/N-ethyl adjacent to an activating group) is 1. The molecular formula is C21H26FN5O2. The van der Waals surface area contributed by atoms with Gasteiger partial charge in [0.1, 0.15) is 23.2 Å². The molecule has 1 unspecified atom stereocenters. The molecule has 2 amide bonds. The SMILES string of the molecule is COc1cccc(C(CNC(=O)NCCNc2cccc(F)c2C#N)N(C)C)c1. The molecule has 154 valence electrons. The molecule has 0 spiro atoms. The van der Waals surface area contributed by atoms with Gasteiger partial charge in [0.25, 0.3) is 0 Å². The number of halogens is 1. The van der Waals surface area contributed by atoms with Gasteiger partial charge in [0.2, 0.25) is 0 Å². The summed E-state index contributed by atoms with van der Waals surface area (Å²) in [4.78, 5) is 14.1. The summed E-state index contributed by atoms with van der Waals surface area (Å²) < 4.78 is 18.8. The summed E-state index contributed by atoms with van der Waals surface area (Å²) in [5.74, 6) is 0.189. The number of nitrogens with zero attached hydrogens (tertiary/aromatic N) is 2. The smallest absolute Gasteiger partial charge is 0.314 e. The predicted molar refractivity (Wildman–Crippen MR) is 110 cm³/mol. The van der Waals surface area contributed by atoms with E-state index in [1.165, 1.54) is 12.1 Å². The maximum Gasteiger partial charge on any atom is 0.314 e. The van der Waals surface area contributed by atoms with E-state index in [4.69, 9.17) is 10.00 Å². The van der Waals surface area contributed by atoms with E-state index in [9.17, 15) is 9.18 Å². The number of rotatable bonds is 9. The number of ether oxygens (including phenoxy) is 1. The first-order valence-corrected chi connectivity index (χ1v) is 9.20. The second-order valence-corrected chi connectivity index (χ2v) is 6.59. The van der Waals surface area contributed by atoms with Crippen molar-refractivity contribution in [1.29, 1.82) is 5.26 Å². The van der Waals surface area contributed by atoms with Gasteiger partial charge in [0, 0.05) is 19.6 Å². The van der Waals surface area contributed by atoms with Crippen molar-refractivity contribution in [3.63, 3.8) is 0 Å². The lowest BCUT2D eigenvalue weighted by Crippen LogP contribution is -2.41. The monoisotopic (exact) mass is 399 g/mol. The molecule has 0 saturated carbocycles. The Morgan fingerprint density at radius 3 is 2.66 bits per heavy atom. The number of methoxy groups -OCH3 is 1. The van der Waals surface area contributed by atoms with Crippen LogP contribution in [-0.4, -0.2) is 51.8 Å². The average molecular weight is 399 g/mol. The van der Waals surface area contributed by atoms with E-state index in [2.05, 4.69) is 16.0 Å². The molecule has 1 atom stereocenters. The van der Waals surface area contributed by atoms with Crippen LogP contribution in [-0.2, 0) is 0 Å². The quantitative estimate of drug-likeness (QED) is 0.564. The van der Waals surface area contributed by atoms with E-state index in [-0.39, 0.29) is 17.6 Å². The van der Waals surface area contributed by atoms with Gasteiger partial charge in [-0.25, -0.2) is 9.18 Å². The third-order valence-corrected chi connectivity index (χ3v) is 4.41. The lowest BCUT2D eigenvalue weighted by molar-refractivity contribution is 0.233. The molecule has 7 nitrogen and oxygen atoms in total. The average Bonchev–Trinajstić information content (AvgIpc) is 2.71. The van der Waals surface area contributed by atoms with Gasteiger partial charge in [-0.2, -0.15) is 5.26 Å². The zero-order chi connectivity index (χ0) is 21.2. The second-order valence-electron chi connectivity index (χ2n) is 6.59. The molecule has 0 aromatic heterocycles. The Kier molecular flexibility index (Phi) is 8.25. The van der Waals surface area contributed by atoms with Crippen LogP contribution < -0.4 is 20.7 Å². The molecule has 0 fully saturated rings. The first-order chi connectivity index (χ1) is 14.0. The molecule has 2 aromatic carbocycles. The van der Waals surface area contributed by atoms with Crippen molar-refractivity contribution in [3.05, 3.63) is 59.4 Å². The van der Waals surface area contributed by atoms with Crippen LogP contribution in [0.2, 0.25) is 0 Å². The van der Waals surface area contributed by atoms with Crippen molar-refractivity contribution in [3.8, 4) is 11.8 Å². The molecule has 0 aliphatic rings. The second kappa shape index (κ2) is 10.9. The van der Waals surface area contributed by atoms with Crippen molar-refractivity contribution >= 4 is 11.7 Å². The molecule has 0 saturated heterocycles. The van der Waals surface area contributed by atoms with E-state index in [0.29, 0.717) is 25.3 Å². The third-order valence-electron chi connectivity index (χ3n) is 4.41. The van der Waals surface area contributed by atoms with Gasteiger partial charge in [-0.15, -0.1) is 0 Å². The number of hydrogen-bond acceptors (Lipinski definition) is 5. The van der Waals surface area contributed by atoms with Gasteiger partial charge >= 0.3 is 6.03 Å². The molecule has 2 aromatic rings. The molecule has 0 radical (unpaired) electrons. The number of hydrogen-bond donors (Lipinski definition) is 3. The van der Waals surface area contributed by atoms with E-state index >= 15 is 0 Å². The number of nitriles is 1. The highest BCUT2D eigenvalue weighted by Crippen LogP contribution is 2.22. The van der Waals surface area contributed by atoms with Crippen LogP contribution in [0.4, 0.5) is 14.9 Å². The van der Waals surface area contributed by atoms with Crippen LogP contribution in [0.25, 0.3) is 0 Å². The Hall–Kier alpha value is -3.31. The Labute approximate surface area is 170 Å². The number of carbonyl (C=O) groups is 1. The van der Waals surface area contributed by atoms with Crippen LogP contribution in [0, 0.1) is 17.1 Å². The highest BCUT2D eigenvalue weighted by molar-refractivity contribution is 5.74. The maximum absolute atomic E-state index is 13.6. The molecule has 0 aliphatic heterocycles. The van der Waals surface area contributed by atoms with Gasteiger partial charge in [0.05, 0.1) is 18.8 Å². The van der Waals surface area contributed by atoms with Crippen LogP contribution in [0.15, 0.2) is 42.5 Å². The minimum atomic E-state index is -0.574. The van der Waals surface area contributed by atoms with Gasteiger partial charge in [-0.1, -0.05) is 18.2 Å². The summed E-state index contributed by atoms with van der Waals surface area (Å²) in [6.07, 6.45) is 0. The number of nitrogens with one attached hydrogen (secondary N) is 3. The molecule has 29 heavy (non-hydrogen) atoms. The lowest BCUT2D eigenvalue weighted by atomic mass is 10.1.